The van der Waals surface area contributed by atoms with Crippen LogP contribution in [-0.2, 0) is 18.9 Å². The molecule has 6 fully saturated rings. The molecular formula is C25H39NO6. The molecule has 0 amide bonds. The maximum absolute atomic E-state index is 11.8. The summed E-state index contributed by atoms with van der Waals surface area (Å²) in [6.45, 7) is 7.07. The lowest BCUT2D eigenvalue weighted by Crippen LogP contribution is -2.62. The lowest BCUT2D eigenvalue weighted by atomic mass is 9.43. The summed E-state index contributed by atoms with van der Waals surface area (Å²) in [6.07, 6.45) is 9.17. The average molecular weight is 450 g/mol. The van der Waals surface area contributed by atoms with Crippen molar-refractivity contribution in [2.24, 2.45) is 45.6 Å². The van der Waals surface area contributed by atoms with Gasteiger partial charge in [0.2, 0.25) is 0 Å². The maximum atomic E-state index is 11.8. The van der Waals surface area contributed by atoms with Crippen LogP contribution in [0.5, 0.6) is 0 Å². The van der Waals surface area contributed by atoms with Crippen LogP contribution in [-0.4, -0.2) is 60.6 Å². The van der Waals surface area contributed by atoms with Gasteiger partial charge in [0.15, 0.2) is 11.6 Å². The fraction of sp³-hybridized carbons (Fsp3) is 0.960. The molecule has 0 unspecified atom stereocenters. The highest BCUT2D eigenvalue weighted by Gasteiger charge is 2.68. The van der Waals surface area contributed by atoms with Crippen LogP contribution in [0.3, 0.4) is 0 Å². The molecule has 0 aromatic rings. The van der Waals surface area contributed by atoms with Crippen molar-refractivity contribution in [3.8, 4) is 0 Å². The van der Waals surface area contributed by atoms with E-state index in [2.05, 4.69) is 12.1 Å². The lowest BCUT2D eigenvalue weighted by molar-refractivity contribution is -0.247. The number of fused-ring (bicyclic) bond motifs is 5. The van der Waals surface area contributed by atoms with Crippen molar-refractivity contribution in [3.05, 3.63) is 0 Å². The largest absolute Gasteiger partial charge is 0.411 e. The summed E-state index contributed by atoms with van der Waals surface area (Å²) < 4.78 is 24.4. The fourth-order valence-corrected chi connectivity index (χ4v) is 9.61. The smallest absolute Gasteiger partial charge is 0.169 e. The Balaban J connectivity index is 1.33. The summed E-state index contributed by atoms with van der Waals surface area (Å²) in [5.74, 6) is 0.630. The summed E-state index contributed by atoms with van der Waals surface area (Å²) in [5.41, 5.74) is -0.293. The molecule has 0 aromatic carbocycles. The molecule has 1 spiro atoms. The second-order valence-electron chi connectivity index (χ2n) is 11.9. The van der Waals surface area contributed by atoms with Gasteiger partial charge >= 0.3 is 0 Å². The molecule has 0 radical (unpaired) electrons. The molecule has 4 saturated carbocycles. The van der Waals surface area contributed by atoms with Crippen LogP contribution in [0.2, 0.25) is 0 Å². The zero-order chi connectivity index (χ0) is 22.2. The molecule has 32 heavy (non-hydrogen) atoms. The highest BCUT2D eigenvalue weighted by molar-refractivity contribution is 5.68. The maximum Gasteiger partial charge on any atom is 0.169 e. The van der Waals surface area contributed by atoms with Gasteiger partial charge in [0, 0.05) is 24.2 Å². The molecule has 2 heterocycles. The van der Waals surface area contributed by atoms with Crippen molar-refractivity contribution in [1.29, 1.82) is 0 Å². The van der Waals surface area contributed by atoms with E-state index >= 15 is 0 Å². The monoisotopic (exact) mass is 449 g/mol. The molecule has 2 N–H and O–H groups in total. The zero-order valence-corrected chi connectivity index (χ0v) is 19.5. The number of oxime groups is 1. The second kappa shape index (κ2) is 7.38. The van der Waals surface area contributed by atoms with Crippen molar-refractivity contribution in [1.82, 2.24) is 0 Å². The van der Waals surface area contributed by atoms with Crippen LogP contribution in [0.25, 0.3) is 0 Å². The molecule has 4 aliphatic carbocycles. The van der Waals surface area contributed by atoms with E-state index < -0.39 is 11.9 Å². The normalized spacial score (nSPS) is 51.6. The fourth-order valence-electron chi connectivity index (χ4n) is 9.61. The minimum atomic E-state index is -0.669. The Morgan fingerprint density at radius 3 is 2.31 bits per heavy atom. The second-order valence-corrected chi connectivity index (χ2v) is 11.9. The third kappa shape index (κ3) is 2.87. The van der Waals surface area contributed by atoms with Crippen molar-refractivity contribution < 1.29 is 29.3 Å². The quantitative estimate of drug-likeness (QED) is 0.381. The Bertz CT molecular complexity index is 762. The number of nitrogens with zero attached hydrogens (tertiary/aromatic N) is 1. The molecule has 8 atom stereocenters. The predicted octanol–water partition coefficient (Wildman–Crippen LogP) is 3.56. The van der Waals surface area contributed by atoms with Crippen LogP contribution in [0.15, 0.2) is 5.16 Å². The highest BCUT2D eigenvalue weighted by Crippen LogP contribution is 2.69. The molecule has 7 nitrogen and oxygen atoms in total. The van der Waals surface area contributed by atoms with Crippen LogP contribution < -0.4 is 0 Å². The summed E-state index contributed by atoms with van der Waals surface area (Å²) in [7, 11) is 0. The predicted molar refractivity (Wildman–Crippen MR) is 116 cm³/mol. The Morgan fingerprint density at radius 2 is 1.59 bits per heavy atom. The molecule has 2 aliphatic heterocycles. The first-order chi connectivity index (χ1) is 15.4. The van der Waals surface area contributed by atoms with Gasteiger partial charge in [-0.25, -0.2) is 0 Å². The standard InChI is InChI=1S/C25H39NO6/c1-22-7-8-25(31-11-12-32-25)13-16(22)3-4-17-18-5-6-20(23(2)29-9-10-30-23)24(18,15-26-28)14-19(27)21(17)22/h15-21,27-28H,3-14H2,1-2H3/b26-15+/t16-,17-,18+,19+,20+,21+,22-,24-/m0/s1. The Hall–Kier alpha value is -0.730. The number of ether oxygens (including phenoxy) is 4. The molecule has 0 bridgehead atoms. The Labute approximate surface area is 190 Å². The Kier molecular flexibility index (Phi) is 5.02. The van der Waals surface area contributed by atoms with E-state index in [-0.39, 0.29) is 28.5 Å². The zero-order valence-electron chi connectivity index (χ0n) is 19.5. The van der Waals surface area contributed by atoms with Gasteiger partial charge in [-0.15, -0.1) is 5.16 Å². The first-order valence-electron chi connectivity index (χ1n) is 12.8. The third-order valence-electron chi connectivity index (χ3n) is 10.8. The summed E-state index contributed by atoms with van der Waals surface area (Å²) >= 11 is 0. The molecular weight excluding hydrogens is 410 g/mol. The first kappa shape index (κ1) is 21.8. The number of hydrogen-bond acceptors (Lipinski definition) is 7. The minimum Gasteiger partial charge on any atom is -0.411 e. The lowest BCUT2D eigenvalue weighted by Gasteiger charge is -2.63. The topological polar surface area (TPSA) is 89.7 Å². The molecule has 2 saturated heterocycles. The van der Waals surface area contributed by atoms with Gasteiger partial charge in [0.05, 0.1) is 38.7 Å². The summed E-state index contributed by atoms with van der Waals surface area (Å²) in [6, 6.07) is 0. The third-order valence-corrected chi connectivity index (χ3v) is 10.8. The molecule has 7 heteroatoms. The van der Waals surface area contributed by atoms with Gasteiger partial charge in [0.25, 0.3) is 0 Å². The summed E-state index contributed by atoms with van der Waals surface area (Å²) in [4.78, 5) is 0. The number of hydrogen-bond donors (Lipinski definition) is 2. The Morgan fingerprint density at radius 1 is 0.875 bits per heavy atom. The van der Waals surface area contributed by atoms with Gasteiger partial charge in [0.1, 0.15) is 0 Å². The van der Waals surface area contributed by atoms with Gasteiger partial charge in [-0.2, -0.15) is 0 Å². The summed E-state index contributed by atoms with van der Waals surface area (Å²) in [5, 5.41) is 25.1. The van der Waals surface area contributed by atoms with Crippen LogP contribution in [0, 0.1) is 40.4 Å². The van der Waals surface area contributed by atoms with Crippen molar-refractivity contribution >= 4 is 6.21 Å². The SMILES string of the molecule is CC1([C@H]2CC[C@@H]3[C@@H]4CC[C@H]5CC6(CC[C@]5(C)[C@H]4[C@H](O)C[C@]32/C=N/O)OCCO6)OCCO1. The molecule has 6 aliphatic rings. The van der Waals surface area contributed by atoms with E-state index in [1.54, 1.807) is 6.21 Å². The van der Waals surface area contributed by atoms with Gasteiger partial charge in [-0.05, 0) is 74.5 Å². The number of aliphatic hydroxyl groups excluding tert-OH is 1. The van der Waals surface area contributed by atoms with E-state index in [1.165, 1.54) is 0 Å². The van der Waals surface area contributed by atoms with Crippen LogP contribution >= 0.6 is 0 Å². The van der Waals surface area contributed by atoms with Crippen molar-refractivity contribution in [2.75, 3.05) is 26.4 Å². The van der Waals surface area contributed by atoms with Gasteiger partial charge < -0.3 is 29.3 Å². The number of aliphatic hydroxyl groups is 1. The number of rotatable bonds is 2. The van der Waals surface area contributed by atoms with E-state index in [9.17, 15) is 10.3 Å². The van der Waals surface area contributed by atoms with E-state index in [0.717, 1.165) is 44.9 Å². The van der Waals surface area contributed by atoms with Crippen molar-refractivity contribution in [2.45, 2.75) is 82.9 Å². The minimum absolute atomic E-state index is 0.0910. The van der Waals surface area contributed by atoms with Gasteiger partial charge in [-0.3, -0.25) is 0 Å². The molecule has 0 aromatic heterocycles. The molecule has 180 valence electrons. The first-order valence-corrected chi connectivity index (χ1v) is 12.8. The van der Waals surface area contributed by atoms with Crippen molar-refractivity contribution in [3.63, 3.8) is 0 Å². The van der Waals surface area contributed by atoms with Gasteiger partial charge in [-0.1, -0.05) is 6.92 Å². The van der Waals surface area contributed by atoms with Crippen LogP contribution in [0.1, 0.15) is 65.2 Å². The molecule has 6 rings (SSSR count). The van der Waals surface area contributed by atoms with Crippen LogP contribution in [0.4, 0.5) is 0 Å². The van der Waals surface area contributed by atoms with E-state index in [1.807, 2.05) is 6.92 Å². The van der Waals surface area contributed by atoms with E-state index in [4.69, 9.17) is 18.9 Å². The van der Waals surface area contributed by atoms with E-state index in [0.29, 0.717) is 50.6 Å². The highest BCUT2D eigenvalue weighted by atomic mass is 16.7. The average Bonchev–Trinajstić information content (AvgIpc) is 3.48.